The molecule has 2 heterocycles. The quantitative estimate of drug-likeness (QED) is 0.866. The third-order valence-electron chi connectivity index (χ3n) is 4.49. The van der Waals surface area contributed by atoms with Crippen molar-refractivity contribution in [1.29, 1.82) is 0 Å². The van der Waals surface area contributed by atoms with Crippen molar-refractivity contribution in [1.82, 2.24) is 20.1 Å². The third kappa shape index (κ3) is 4.19. The second-order valence-corrected chi connectivity index (χ2v) is 6.19. The molecule has 1 N–H and O–H groups in total. The molecule has 1 amide bonds. The van der Waals surface area contributed by atoms with E-state index in [9.17, 15) is 13.6 Å². The van der Waals surface area contributed by atoms with Crippen molar-refractivity contribution in [2.75, 3.05) is 20.2 Å². The highest BCUT2D eigenvalue weighted by molar-refractivity contribution is 5.76. The van der Waals surface area contributed by atoms with Gasteiger partial charge in [0, 0.05) is 32.5 Å². The van der Waals surface area contributed by atoms with Gasteiger partial charge >= 0.3 is 0 Å². The van der Waals surface area contributed by atoms with E-state index >= 15 is 0 Å². The zero-order chi connectivity index (χ0) is 17.8. The van der Waals surface area contributed by atoms with Crippen LogP contribution in [0.4, 0.5) is 8.78 Å². The number of hydrogen-bond donors (Lipinski definition) is 1. The number of rotatable bonds is 6. The molecule has 1 fully saturated rings. The number of ether oxygens (including phenoxy) is 1. The molecule has 0 aliphatic carbocycles. The van der Waals surface area contributed by atoms with Crippen LogP contribution >= 0.6 is 0 Å². The van der Waals surface area contributed by atoms with Gasteiger partial charge in [0.15, 0.2) is 0 Å². The highest BCUT2D eigenvalue weighted by atomic mass is 19.1. The molecule has 0 radical (unpaired) electrons. The number of aryl methyl sites for hydroxylation is 1. The van der Waals surface area contributed by atoms with Gasteiger partial charge in [-0.3, -0.25) is 9.89 Å². The van der Waals surface area contributed by atoms with Crippen molar-refractivity contribution in [2.45, 2.75) is 31.3 Å². The molecule has 2 aromatic rings. The molecule has 1 aromatic carbocycles. The average molecular weight is 350 g/mol. The van der Waals surface area contributed by atoms with Crippen LogP contribution in [0.1, 0.15) is 30.1 Å². The largest absolute Gasteiger partial charge is 0.376 e. The van der Waals surface area contributed by atoms with Crippen LogP contribution in [-0.2, 0) is 16.0 Å². The van der Waals surface area contributed by atoms with E-state index in [0.29, 0.717) is 13.2 Å². The maximum absolute atomic E-state index is 13.6. The maximum atomic E-state index is 13.6. The van der Waals surface area contributed by atoms with Crippen molar-refractivity contribution in [3.63, 3.8) is 0 Å². The van der Waals surface area contributed by atoms with E-state index < -0.39 is 11.6 Å². The monoisotopic (exact) mass is 350 g/mol. The molecule has 8 heteroatoms. The molecule has 1 aliphatic heterocycles. The summed E-state index contributed by atoms with van der Waals surface area (Å²) in [6.45, 7) is 1.02. The number of nitrogens with one attached hydrogen (secondary N) is 1. The normalized spacial score (nSPS) is 20.0. The minimum Gasteiger partial charge on any atom is -0.376 e. The van der Waals surface area contributed by atoms with Crippen LogP contribution in [-0.4, -0.2) is 52.3 Å². The molecule has 0 spiro atoms. The predicted molar refractivity (Wildman–Crippen MR) is 85.8 cm³/mol. The molecule has 2 atom stereocenters. The topological polar surface area (TPSA) is 71.1 Å². The van der Waals surface area contributed by atoms with Gasteiger partial charge in [0.1, 0.15) is 23.8 Å². The Morgan fingerprint density at radius 3 is 3.04 bits per heavy atom. The maximum Gasteiger partial charge on any atom is 0.222 e. The van der Waals surface area contributed by atoms with Crippen molar-refractivity contribution in [2.24, 2.45) is 0 Å². The molecule has 0 bridgehead atoms. The molecule has 3 rings (SSSR count). The first kappa shape index (κ1) is 17.5. The van der Waals surface area contributed by atoms with Crippen molar-refractivity contribution < 1.29 is 18.3 Å². The van der Waals surface area contributed by atoms with Crippen LogP contribution in [0, 0.1) is 11.6 Å². The summed E-state index contributed by atoms with van der Waals surface area (Å²) in [5.74, 6) is -0.327. The fourth-order valence-electron chi connectivity index (χ4n) is 3.07. The van der Waals surface area contributed by atoms with E-state index in [0.717, 1.165) is 30.4 Å². The number of likely N-dealkylation sites (N-methyl/N-ethyl adjacent to an activating group) is 1. The number of carbonyl (C=O) groups is 1. The van der Waals surface area contributed by atoms with Gasteiger partial charge in [0.25, 0.3) is 0 Å². The summed E-state index contributed by atoms with van der Waals surface area (Å²) in [7, 11) is 1.68. The Balaban J connectivity index is 1.54. The number of halogens is 2. The summed E-state index contributed by atoms with van der Waals surface area (Å²) in [5.41, 5.74) is 0.207. The molecule has 134 valence electrons. The lowest BCUT2D eigenvalue weighted by atomic mass is 10.00. The smallest absolute Gasteiger partial charge is 0.222 e. The van der Waals surface area contributed by atoms with Gasteiger partial charge in [-0.05, 0) is 36.6 Å². The number of hydrogen-bond acceptors (Lipinski definition) is 4. The average Bonchev–Trinajstić information content (AvgIpc) is 3.26. The SMILES string of the molecule is CN(C[C@H]1OCC[C@H]1c1ncn[nH]1)C(=O)CCc1cc(F)ccc1F. The molecular formula is C17H20F2N4O2. The van der Waals surface area contributed by atoms with Crippen LogP contribution in [0.15, 0.2) is 24.5 Å². The van der Waals surface area contributed by atoms with Gasteiger partial charge < -0.3 is 9.64 Å². The van der Waals surface area contributed by atoms with E-state index in [-0.39, 0.29) is 36.3 Å². The van der Waals surface area contributed by atoms with Crippen molar-refractivity contribution in [3.05, 3.63) is 47.5 Å². The standard InChI is InChI=1S/C17H20F2N4O2/c1-23(9-15-13(6-7-25-15)17-20-10-21-22-17)16(24)5-2-11-8-12(18)3-4-14(11)19/h3-4,8,10,13,15H,2,5-7,9H2,1H3,(H,20,21,22)/t13-,15-/m1/s1. The van der Waals surface area contributed by atoms with E-state index in [1.54, 1.807) is 11.9 Å². The van der Waals surface area contributed by atoms with E-state index in [2.05, 4.69) is 15.2 Å². The lowest BCUT2D eigenvalue weighted by Crippen LogP contribution is -2.36. The lowest BCUT2D eigenvalue weighted by molar-refractivity contribution is -0.131. The second kappa shape index (κ2) is 7.69. The van der Waals surface area contributed by atoms with Gasteiger partial charge in [-0.25, -0.2) is 13.8 Å². The molecule has 1 saturated heterocycles. The number of aromatic nitrogens is 3. The van der Waals surface area contributed by atoms with Gasteiger partial charge in [-0.15, -0.1) is 0 Å². The minimum atomic E-state index is -0.508. The molecule has 0 unspecified atom stereocenters. The fourth-order valence-corrected chi connectivity index (χ4v) is 3.07. The molecular weight excluding hydrogens is 330 g/mol. The Hall–Kier alpha value is -2.35. The lowest BCUT2D eigenvalue weighted by Gasteiger charge is -2.24. The summed E-state index contributed by atoms with van der Waals surface area (Å²) < 4.78 is 32.5. The van der Waals surface area contributed by atoms with Gasteiger partial charge in [-0.1, -0.05) is 0 Å². The fraction of sp³-hybridized carbons (Fsp3) is 0.471. The van der Waals surface area contributed by atoms with Crippen LogP contribution in [0.3, 0.4) is 0 Å². The highest BCUT2D eigenvalue weighted by Crippen LogP contribution is 2.29. The molecule has 6 nitrogen and oxygen atoms in total. The Morgan fingerprint density at radius 2 is 2.28 bits per heavy atom. The van der Waals surface area contributed by atoms with Crippen molar-refractivity contribution in [3.8, 4) is 0 Å². The third-order valence-corrected chi connectivity index (χ3v) is 4.49. The van der Waals surface area contributed by atoms with Gasteiger partial charge in [0.2, 0.25) is 5.91 Å². The van der Waals surface area contributed by atoms with E-state index in [1.807, 2.05) is 0 Å². The summed E-state index contributed by atoms with van der Waals surface area (Å²) in [5, 5.41) is 6.70. The summed E-state index contributed by atoms with van der Waals surface area (Å²) in [6.07, 6.45) is 2.37. The first-order valence-corrected chi connectivity index (χ1v) is 8.19. The van der Waals surface area contributed by atoms with Gasteiger partial charge in [-0.2, -0.15) is 5.10 Å². The summed E-state index contributed by atoms with van der Waals surface area (Å²) >= 11 is 0. The van der Waals surface area contributed by atoms with Crippen LogP contribution < -0.4 is 0 Å². The second-order valence-electron chi connectivity index (χ2n) is 6.19. The zero-order valence-corrected chi connectivity index (χ0v) is 13.9. The Labute approximate surface area is 144 Å². The van der Waals surface area contributed by atoms with Gasteiger partial charge in [0.05, 0.1) is 6.10 Å². The predicted octanol–water partition coefficient (Wildman–Crippen LogP) is 2.05. The Kier molecular flexibility index (Phi) is 5.37. The van der Waals surface area contributed by atoms with E-state index in [1.165, 1.54) is 6.33 Å². The molecule has 25 heavy (non-hydrogen) atoms. The first-order chi connectivity index (χ1) is 12.0. The number of H-pyrrole nitrogens is 1. The van der Waals surface area contributed by atoms with Crippen LogP contribution in [0.5, 0.6) is 0 Å². The van der Waals surface area contributed by atoms with Crippen LogP contribution in [0.2, 0.25) is 0 Å². The summed E-state index contributed by atoms with van der Waals surface area (Å²) in [4.78, 5) is 18.0. The number of aromatic amines is 1. The number of carbonyl (C=O) groups excluding carboxylic acids is 1. The van der Waals surface area contributed by atoms with Crippen LogP contribution in [0.25, 0.3) is 0 Å². The van der Waals surface area contributed by atoms with E-state index in [4.69, 9.17) is 4.74 Å². The number of benzene rings is 1. The number of nitrogens with zero attached hydrogens (tertiary/aromatic N) is 3. The van der Waals surface area contributed by atoms with Crippen molar-refractivity contribution >= 4 is 5.91 Å². The number of amides is 1. The highest BCUT2D eigenvalue weighted by Gasteiger charge is 2.33. The zero-order valence-electron chi connectivity index (χ0n) is 13.9. The first-order valence-electron chi connectivity index (χ1n) is 8.19. The molecule has 1 aliphatic rings. The molecule has 0 saturated carbocycles. The summed E-state index contributed by atoms with van der Waals surface area (Å²) in [6, 6.07) is 3.27. The Bertz CT molecular complexity index is 723. The minimum absolute atomic E-state index is 0.0680. The Morgan fingerprint density at radius 1 is 1.44 bits per heavy atom. The molecule has 1 aromatic heterocycles.